The van der Waals surface area contributed by atoms with Crippen LogP contribution in [-0.2, 0) is 19.6 Å². The normalized spacial score (nSPS) is 19.8. The highest BCUT2D eigenvalue weighted by atomic mass is 35.5. The largest absolute Gasteiger partial charge is 0.481 e. The fourth-order valence-electron chi connectivity index (χ4n) is 2.62. The van der Waals surface area contributed by atoms with Gasteiger partial charge in [0.2, 0.25) is 15.9 Å². The van der Waals surface area contributed by atoms with E-state index in [0.717, 1.165) is 0 Å². The van der Waals surface area contributed by atoms with E-state index in [1.807, 2.05) is 0 Å². The molecular weight excluding hydrogens is 356 g/mol. The van der Waals surface area contributed by atoms with Gasteiger partial charge in [0.15, 0.2) is 0 Å². The zero-order valence-corrected chi connectivity index (χ0v) is 14.7. The van der Waals surface area contributed by atoms with Gasteiger partial charge in [-0.3, -0.25) is 9.59 Å². The lowest BCUT2D eigenvalue weighted by Crippen LogP contribution is -2.50. The number of piperidine rings is 1. The standard InChI is InChI=1S/C15H19ClN2O5S/c1-10(14(19)18-8-2-3-11(9-18)15(20)21)17-24(22,23)13-6-4-12(16)5-7-13/h4-7,10-11,17H,2-3,8-9H2,1H3,(H,20,21)/t10?,11-/m0/s1. The molecule has 9 heteroatoms. The van der Waals surface area contributed by atoms with Crippen molar-refractivity contribution in [2.75, 3.05) is 13.1 Å². The second-order valence-corrected chi connectivity index (χ2v) is 7.91. The van der Waals surface area contributed by atoms with E-state index >= 15 is 0 Å². The summed E-state index contributed by atoms with van der Waals surface area (Å²) in [6.45, 7) is 1.97. The van der Waals surface area contributed by atoms with Crippen LogP contribution >= 0.6 is 11.6 Å². The molecule has 0 aromatic heterocycles. The number of sulfonamides is 1. The van der Waals surface area contributed by atoms with Crippen molar-refractivity contribution < 1.29 is 23.1 Å². The number of halogens is 1. The van der Waals surface area contributed by atoms with E-state index in [2.05, 4.69) is 4.72 Å². The highest BCUT2D eigenvalue weighted by molar-refractivity contribution is 7.89. The molecule has 1 aliphatic heterocycles. The molecule has 1 fully saturated rings. The Balaban J connectivity index is 2.05. The smallest absolute Gasteiger partial charge is 0.308 e. The summed E-state index contributed by atoms with van der Waals surface area (Å²) in [5.41, 5.74) is 0. The lowest BCUT2D eigenvalue weighted by atomic mass is 9.98. The molecule has 1 aromatic rings. The molecule has 132 valence electrons. The van der Waals surface area contributed by atoms with Crippen LogP contribution in [0.4, 0.5) is 0 Å². The highest BCUT2D eigenvalue weighted by Gasteiger charge is 2.31. The number of likely N-dealkylation sites (tertiary alicyclic amines) is 1. The molecule has 2 N–H and O–H groups in total. The van der Waals surface area contributed by atoms with E-state index in [9.17, 15) is 18.0 Å². The molecule has 1 saturated heterocycles. The average molecular weight is 375 g/mol. The fraction of sp³-hybridized carbons (Fsp3) is 0.467. The monoisotopic (exact) mass is 374 g/mol. The van der Waals surface area contributed by atoms with Crippen LogP contribution < -0.4 is 4.72 Å². The topological polar surface area (TPSA) is 104 Å². The molecule has 1 aliphatic rings. The van der Waals surface area contributed by atoms with E-state index in [4.69, 9.17) is 16.7 Å². The van der Waals surface area contributed by atoms with Crippen LogP contribution in [0.25, 0.3) is 0 Å². The van der Waals surface area contributed by atoms with Crippen molar-refractivity contribution in [3.05, 3.63) is 29.3 Å². The Labute approximate surface area is 145 Å². The summed E-state index contributed by atoms with van der Waals surface area (Å²) < 4.78 is 26.9. The van der Waals surface area contributed by atoms with Gasteiger partial charge in [0.1, 0.15) is 0 Å². The number of carbonyl (C=O) groups excluding carboxylic acids is 1. The maximum atomic E-state index is 12.4. The number of aliphatic carboxylic acids is 1. The summed E-state index contributed by atoms with van der Waals surface area (Å²) in [6.07, 6.45) is 1.10. The molecule has 24 heavy (non-hydrogen) atoms. The Morgan fingerprint density at radius 3 is 2.54 bits per heavy atom. The molecule has 2 atom stereocenters. The number of carboxylic acids is 1. The SMILES string of the molecule is CC(NS(=O)(=O)c1ccc(Cl)cc1)C(=O)N1CCC[C@H](C(=O)O)C1. The summed E-state index contributed by atoms with van der Waals surface area (Å²) in [6, 6.07) is 4.61. The Morgan fingerprint density at radius 1 is 1.33 bits per heavy atom. The summed E-state index contributed by atoms with van der Waals surface area (Å²) in [4.78, 5) is 24.9. The first-order valence-corrected chi connectivity index (χ1v) is 9.36. The molecular formula is C15H19ClN2O5S. The molecule has 2 rings (SSSR count). The van der Waals surface area contributed by atoms with Crippen molar-refractivity contribution >= 4 is 33.5 Å². The van der Waals surface area contributed by atoms with E-state index in [1.54, 1.807) is 0 Å². The van der Waals surface area contributed by atoms with Gasteiger partial charge < -0.3 is 10.0 Å². The number of nitrogens with zero attached hydrogens (tertiary/aromatic N) is 1. The fourth-order valence-corrected chi connectivity index (χ4v) is 3.94. The summed E-state index contributed by atoms with van der Waals surface area (Å²) in [7, 11) is -3.86. The zero-order valence-electron chi connectivity index (χ0n) is 13.1. The minimum Gasteiger partial charge on any atom is -0.481 e. The van der Waals surface area contributed by atoms with E-state index < -0.39 is 33.9 Å². The van der Waals surface area contributed by atoms with Crippen LogP contribution in [0.3, 0.4) is 0 Å². The van der Waals surface area contributed by atoms with Crippen LogP contribution in [-0.4, -0.2) is 49.4 Å². The Hall–Kier alpha value is -1.64. The summed E-state index contributed by atoms with van der Waals surface area (Å²) in [5, 5.41) is 9.48. The average Bonchev–Trinajstić information content (AvgIpc) is 2.54. The number of carboxylic acid groups (broad SMARTS) is 1. The predicted octanol–water partition coefficient (Wildman–Crippen LogP) is 1.33. The maximum absolute atomic E-state index is 12.4. The minimum atomic E-state index is -3.86. The number of carbonyl (C=O) groups is 2. The Kier molecular flexibility index (Phi) is 5.84. The molecule has 0 aliphatic carbocycles. The first kappa shape index (κ1) is 18.7. The van der Waals surface area contributed by atoms with Crippen molar-refractivity contribution in [2.45, 2.75) is 30.7 Å². The molecule has 1 aromatic carbocycles. The van der Waals surface area contributed by atoms with Gasteiger partial charge in [-0.15, -0.1) is 0 Å². The molecule has 1 heterocycles. The lowest BCUT2D eigenvalue weighted by molar-refractivity contribution is -0.146. The molecule has 0 bridgehead atoms. The van der Waals surface area contributed by atoms with Gasteiger partial charge in [-0.05, 0) is 44.0 Å². The van der Waals surface area contributed by atoms with Gasteiger partial charge in [0, 0.05) is 18.1 Å². The third-order valence-corrected chi connectivity index (χ3v) is 5.72. The first-order valence-electron chi connectivity index (χ1n) is 7.50. The van der Waals surface area contributed by atoms with Gasteiger partial charge in [0.05, 0.1) is 16.9 Å². The van der Waals surface area contributed by atoms with Gasteiger partial charge in [-0.25, -0.2) is 8.42 Å². The van der Waals surface area contributed by atoms with Crippen molar-refractivity contribution in [3.63, 3.8) is 0 Å². The number of hydrogen-bond acceptors (Lipinski definition) is 4. The molecule has 1 unspecified atom stereocenters. The molecule has 1 amide bonds. The second kappa shape index (κ2) is 7.50. The van der Waals surface area contributed by atoms with Crippen LogP contribution in [0.5, 0.6) is 0 Å². The van der Waals surface area contributed by atoms with Crippen molar-refractivity contribution in [2.24, 2.45) is 5.92 Å². The van der Waals surface area contributed by atoms with Gasteiger partial charge in [-0.2, -0.15) is 4.72 Å². The summed E-state index contributed by atoms with van der Waals surface area (Å²) in [5.74, 6) is -1.98. The Bertz CT molecular complexity index is 720. The van der Waals surface area contributed by atoms with Crippen LogP contribution in [0.1, 0.15) is 19.8 Å². The van der Waals surface area contributed by atoms with Crippen LogP contribution in [0, 0.1) is 5.92 Å². The summed E-state index contributed by atoms with van der Waals surface area (Å²) >= 11 is 5.73. The Morgan fingerprint density at radius 2 is 1.96 bits per heavy atom. The van der Waals surface area contributed by atoms with Crippen molar-refractivity contribution in [1.29, 1.82) is 0 Å². The molecule has 7 nitrogen and oxygen atoms in total. The van der Waals surface area contributed by atoms with Crippen molar-refractivity contribution in [1.82, 2.24) is 9.62 Å². The number of rotatable bonds is 5. The minimum absolute atomic E-state index is 0.00797. The molecule has 0 spiro atoms. The quantitative estimate of drug-likeness (QED) is 0.809. The van der Waals surface area contributed by atoms with Gasteiger partial charge in [0.25, 0.3) is 0 Å². The second-order valence-electron chi connectivity index (χ2n) is 5.76. The van der Waals surface area contributed by atoms with Gasteiger partial charge in [-0.1, -0.05) is 11.6 Å². The third-order valence-electron chi connectivity index (χ3n) is 3.91. The maximum Gasteiger partial charge on any atom is 0.308 e. The highest BCUT2D eigenvalue weighted by Crippen LogP contribution is 2.18. The third kappa shape index (κ3) is 4.46. The number of nitrogens with one attached hydrogen (secondary N) is 1. The number of benzene rings is 1. The lowest BCUT2D eigenvalue weighted by Gasteiger charge is -2.32. The van der Waals surface area contributed by atoms with Crippen LogP contribution in [0.15, 0.2) is 29.2 Å². The molecule has 0 saturated carbocycles. The van der Waals surface area contributed by atoms with E-state index in [1.165, 1.54) is 36.1 Å². The van der Waals surface area contributed by atoms with Crippen molar-refractivity contribution in [3.8, 4) is 0 Å². The number of hydrogen-bond donors (Lipinski definition) is 2. The zero-order chi connectivity index (χ0) is 17.9. The number of amides is 1. The molecule has 0 radical (unpaired) electrons. The van der Waals surface area contributed by atoms with E-state index in [0.29, 0.717) is 24.4 Å². The first-order chi connectivity index (χ1) is 11.2. The van der Waals surface area contributed by atoms with Gasteiger partial charge >= 0.3 is 5.97 Å². The van der Waals surface area contributed by atoms with Crippen LogP contribution in [0.2, 0.25) is 5.02 Å². The predicted molar refractivity (Wildman–Crippen MR) is 88.2 cm³/mol. The van der Waals surface area contributed by atoms with E-state index in [-0.39, 0.29) is 11.4 Å².